The minimum atomic E-state index is 0.273. The normalized spacial score (nSPS) is 19.9. The minimum Gasteiger partial charge on any atom is -0.271 e. The number of nitrogens with one attached hydrogen (secondary N) is 1. The van der Waals surface area contributed by atoms with Crippen LogP contribution in [0, 0.1) is 0 Å². The van der Waals surface area contributed by atoms with Crippen LogP contribution in [0.25, 0.3) is 0 Å². The average molecular weight is 256 g/mol. The van der Waals surface area contributed by atoms with Crippen molar-refractivity contribution >= 4 is 0 Å². The van der Waals surface area contributed by atoms with Crippen LogP contribution in [0.15, 0.2) is 29.8 Å². The maximum absolute atomic E-state index is 5.79. The topological polar surface area (TPSA) is 38.0 Å². The molecule has 0 saturated heterocycles. The van der Waals surface area contributed by atoms with Gasteiger partial charge in [0.1, 0.15) is 0 Å². The summed E-state index contributed by atoms with van der Waals surface area (Å²) < 4.78 is 0. The second kappa shape index (κ2) is 5.89. The number of fused-ring (bicyclic) bond motifs is 1. The number of hydrogen-bond donors (Lipinski definition) is 2. The van der Waals surface area contributed by atoms with Gasteiger partial charge in [0.15, 0.2) is 0 Å². The van der Waals surface area contributed by atoms with Gasteiger partial charge in [0.2, 0.25) is 0 Å². The van der Waals surface area contributed by atoms with E-state index in [9.17, 15) is 0 Å². The van der Waals surface area contributed by atoms with Crippen LogP contribution in [0.5, 0.6) is 0 Å². The van der Waals surface area contributed by atoms with Crippen molar-refractivity contribution in [1.82, 2.24) is 5.43 Å². The monoisotopic (exact) mass is 256 g/mol. The molecule has 102 valence electrons. The van der Waals surface area contributed by atoms with Crippen molar-refractivity contribution in [1.29, 1.82) is 0 Å². The molecule has 19 heavy (non-hydrogen) atoms. The first-order valence-electron chi connectivity index (χ1n) is 7.62. The average Bonchev–Trinajstić information content (AvgIpc) is 2.93. The van der Waals surface area contributed by atoms with E-state index in [4.69, 9.17) is 5.84 Å². The molecule has 0 saturated carbocycles. The van der Waals surface area contributed by atoms with Gasteiger partial charge in [-0.25, -0.2) is 0 Å². The predicted molar refractivity (Wildman–Crippen MR) is 79.7 cm³/mol. The second-order valence-electron chi connectivity index (χ2n) is 5.91. The van der Waals surface area contributed by atoms with Crippen molar-refractivity contribution in [3.8, 4) is 0 Å². The van der Waals surface area contributed by atoms with E-state index in [1.165, 1.54) is 61.6 Å². The molecule has 0 spiro atoms. The van der Waals surface area contributed by atoms with Gasteiger partial charge < -0.3 is 0 Å². The van der Waals surface area contributed by atoms with Crippen molar-refractivity contribution in [2.45, 2.75) is 57.4 Å². The van der Waals surface area contributed by atoms with Crippen LogP contribution in [0.1, 0.15) is 61.3 Å². The van der Waals surface area contributed by atoms with Crippen LogP contribution >= 0.6 is 0 Å². The van der Waals surface area contributed by atoms with Crippen LogP contribution in [-0.4, -0.2) is 0 Å². The van der Waals surface area contributed by atoms with Crippen molar-refractivity contribution in [2.75, 3.05) is 0 Å². The molecule has 0 amide bonds. The number of benzene rings is 1. The van der Waals surface area contributed by atoms with Crippen LogP contribution in [0.4, 0.5) is 0 Å². The van der Waals surface area contributed by atoms with E-state index in [2.05, 4.69) is 29.7 Å². The van der Waals surface area contributed by atoms with Gasteiger partial charge in [-0.2, -0.15) is 0 Å². The molecule has 0 bridgehead atoms. The summed E-state index contributed by atoms with van der Waals surface area (Å²) in [7, 11) is 0. The molecule has 1 unspecified atom stereocenters. The molecule has 1 atom stereocenters. The van der Waals surface area contributed by atoms with Gasteiger partial charge in [-0.3, -0.25) is 11.3 Å². The fourth-order valence-corrected chi connectivity index (χ4v) is 3.43. The summed E-state index contributed by atoms with van der Waals surface area (Å²) in [5.74, 6) is 5.79. The molecule has 0 radical (unpaired) electrons. The summed E-state index contributed by atoms with van der Waals surface area (Å²) in [6.07, 6.45) is 12.5. The molecule has 2 nitrogen and oxygen atoms in total. The molecule has 0 fully saturated rings. The highest BCUT2D eigenvalue weighted by atomic mass is 15.2. The van der Waals surface area contributed by atoms with Crippen molar-refractivity contribution in [3.05, 3.63) is 46.5 Å². The van der Waals surface area contributed by atoms with Crippen molar-refractivity contribution in [3.63, 3.8) is 0 Å². The van der Waals surface area contributed by atoms with Gasteiger partial charge in [0.05, 0.1) is 0 Å². The zero-order chi connectivity index (χ0) is 13.1. The summed E-state index contributed by atoms with van der Waals surface area (Å²) in [4.78, 5) is 0. The third-order valence-corrected chi connectivity index (χ3v) is 4.58. The summed E-state index contributed by atoms with van der Waals surface area (Å²) in [6.45, 7) is 0. The number of rotatable bonds is 4. The van der Waals surface area contributed by atoms with Gasteiger partial charge in [-0.05, 0) is 68.1 Å². The molecule has 2 aliphatic carbocycles. The lowest BCUT2D eigenvalue weighted by molar-refractivity contribution is 0.528. The fourth-order valence-electron chi connectivity index (χ4n) is 3.43. The third-order valence-electron chi connectivity index (χ3n) is 4.58. The molecular formula is C17H24N2. The Bertz CT molecular complexity index is 476. The molecule has 3 rings (SSSR count). The second-order valence-corrected chi connectivity index (χ2v) is 5.91. The third kappa shape index (κ3) is 2.90. The Morgan fingerprint density at radius 1 is 1.05 bits per heavy atom. The zero-order valence-electron chi connectivity index (χ0n) is 11.6. The van der Waals surface area contributed by atoms with E-state index in [0.717, 1.165) is 6.42 Å². The highest BCUT2D eigenvalue weighted by Crippen LogP contribution is 2.30. The zero-order valence-corrected chi connectivity index (χ0v) is 11.6. The molecule has 0 aliphatic heterocycles. The predicted octanol–water partition coefficient (Wildman–Crippen LogP) is 3.57. The maximum atomic E-state index is 5.79. The van der Waals surface area contributed by atoms with E-state index in [1.54, 1.807) is 5.57 Å². The fraction of sp³-hybridized carbons (Fsp3) is 0.529. The van der Waals surface area contributed by atoms with Gasteiger partial charge in [0, 0.05) is 6.04 Å². The molecule has 2 aliphatic rings. The number of nitrogens with two attached hydrogens (primary N) is 1. The molecule has 1 aromatic carbocycles. The Hall–Kier alpha value is -1.12. The summed E-state index contributed by atoms with van der Waals surface area (Å²) >= 11 is 0. The van der Waals surface area contributed by atoms with E-state index in [0.29, 0.717) is 0 Å². The molecular weight excluding hydrogens is 232 g/mol. The lowest BCUT2D eigenvalue weighted by Crippen LogP contribution is -2.28. The van der Waals surface area contributed by atoms with Gasteiger partial charge in [-0.15, -0.1) is 0 Å². The SMILES string of the molecule is NNC(CC1=CCCCC1)c1ccc2c(c1)CCC2. The van der Waals surface area contributed by atoms with Crippen molar-refractivity contribution < 1.29 is 0 Å². The number of allylic oxidation sites excluding steroid dienone is 1. The molecule has 0 heterocycles. The maximum Gasteiger partial charge on any atom is 0.0497 e. The lowest BCUT2D eigenvalue weighted by Gasteiger charge is -2.21. The highest BCUT2D eigenvalue weighted by molar-refractivity contribution is 5.37. The van der Waals surface area contributed by atoms with E-state index >= 15 is 0 Å². The van der Waals surface area contributed by atoms with Gasteiger partial charge >= 0.3 is 0 Å². The Morgan fingerprint density at radius 2 is 1.95 bits per heavy atom. The van der Waals surface area contributed by atoms with E-state index in [-0.39, 0.29) is 6.04 Å². The number of hydrogen-bond acceptors (Lipinski definition) is 2. The summed E-state index contributed by atoms with van der Waals surface area (Å²) in [5.41, 5.74) is 9.03. The number of aryl methyl sites for hydroxylation is 2. The van der Waals surface area contributed by atoms with Crippen LogP contribution in [-0.2, 0) is 12.8 Å². The Balaban J connectivity index is 1.76. The molecule has 0 aromatic heterocycles. The molecule has 3 N–H and O–H groups in total. The van der Waals surface area contributed by atoms with Crippen LogP contribution in [0.2, 0.25) is 0 Å². The Labute approximate surface area is 116 Å². The van der Waals surface area contributed by atoms with Crippen molar-refractivity contribution in [2.24, 2.45) is 5.84 Å². The van der Waals surface area contributed by atoms with E-state index < -0.39 is 0 Å². The minimum absolute atomic E-state index is 0.273. The lowest BCUT2D eigenvalue weighted by atomic mass is 9.91. The first-order chi connectivity index (χ1) is 9.36. The molecule has 1 aromatic rings. The van der Waals surface area contributed by atoms with Crippen LogP contribution in [0.3, 0.4) is 0 Å². The first-order valence-corrected chi connectivity index (χ1v) is 7.62. The Kier molecular flexibility index (Phi) is 4.00. The standard InChI is InChI=1S/C17H24N2/c18-19-17(11-13-5-2-1-3-6-13)16-10-9-14-7-4-8-15(14)12-16/h5,9-10,12,17,19H,1-4,6-8,11,18H2. The summed E-state index contributed by atoms with van der Waals surface area (Å²) in [6, 6.07) is 7.21. The number of hydrazine groups is 1. The Morgan fingerprint density at radius 3 is 2.74 bits per heavy atom. The first kappa shape index (κ1) is 12.9. The van der Waals surface area contributed by atoms with E-state index in [1.807, 2.05) is 0 Å². The smallest absolute Gasteiger partial charge is 0.0497 e. The summed E-state index contributed by atoms with van der Waals surface area (Å²) in [5, 5.41) is 0. The quantitative estimate of drug-likeness (QED) is 0.491. The highest BCUT2D eigenvalue weighted by Gasteiger charge is 2.17. The van der Waals surface area contributed by atoms with Gasteiger partial charge in [-0.1, -0.05) is 29.8 Å². The molecule has 2 heteroatoms. The van der Waals surface area contributed by atoms with Crippen LogP contribution < -0.4 is 11.3 Å². The van der Waals surface area contributed by atoms with Gasteiger partial charge in [0.25, 0.3) is 0 Å². The largest absolute Gasteiger partial charge is 0.271 e.